The van der Waals surface area contributed by atoms with E-state index in [1.165, 1.54) is 0 Å². The number of aliphatic hydroxyl groups excluding tert-OH is 1. The van der Waals surface area contributed by atoms with Gasteiger partial charge < -0.3 is 19.3 Å². The van der Waals surface area contributed by atoms with Crippen molar-refractivity contribution in [3.8, 4) is 16.9 Å². The average Bonchev–Trinajstić information content (AvgIpc) is 3.08. The van der Waals surface area contributed by atoms with E-state index in [0.29, 0.717) is 18.7 Å². The lowest BCUT2D eigenvalue weighted by molar-refractivity contribution is -0.135. The Balaban J connectivity index is 1.62. The number of aromatic nitrogens is 2. The third-order valence-corrected chi connectivity index (χ3v) is 7.41. The second kappa shape index (κ2) is 9.28. The van der Waals surface area contributed by atoms with E-state index in [-0.39, 0.29) is 36.1 Å². The number of carbonyl (C=O) groups excluding carboxylic acids is 1. The van der Waals surface area contributed by atoms with E-state index in [2.05, 4.69) is 9.88 Å². The average molecular weight is 475 g/mol. The van der Waals surface area contributed by atoms with E-state index in [4.69, 9.17) is 4.74 Å². The van der Waals surface area contributed by atoms with Crippen molar-refractivity contribution in [3.63, 3.8) is 0 Å². The van der Waals surface area contributed by atoms with Gasteiger partial charge in [0.25, 0.3) is 5.56 Å². The molecule has 2 aliphatic heterocycles. The van der Waals surface area contributed by atoms with Crippen molar-refractivity contribution < 1.29 is 14.6 Å². The van der Waals surface area contributed by atoms with Crippen LogP contribution in [-0.2, 0) is 17.9 Å². The summed E-state index contributed by atoms with van der Waals surface area (Å²) in [6, 6.07) is 14.7. The van der Waals surface area contributed by atoms with Gasteiger partial charge in [0.05, 0.1) is 19.1 Å². The maximum Gasteiger partial charge on any atom is 0.258 e. The smallest absolute Gasteiger partial charge is 0.258 e. The second-order valence-corrected chi connectivity index (χ2v) is 9.46. The summed E-state index contributed by atoms with van der Waals surface area (Å²) < 4.78 is 7.06. The van der Waals surface area contributed by atoms with Gasteiger partial charge in [-0.25, -0.2) is 0 Å². The summed E-state index contributed by atoms with van der Waals surface area (Å²) in [4.78, 5) is 35.1. The molecule has 8 heteroatoms. The number of methoxy groups -OCH3 is 1. The first-order chi connectivity index (χ1) is 16.9. The van der Waals surface area contributed by atoms with E-state index in [9.17, 15) is 14.7 Å². The number of ether oxygens (including phenoxy) is 1. The van der Waals surface area contributed by atoms with Gasteiger partial charge in [-0.15, -0.1) is 0 Å². The number of nitrogens with zero attached hydrogens (tertiary/aromatic N) is 4. The first-order valence-electron chi connectivity index (χ1n) is 11.8. The Morgan fingerprint density at radius 2 is 1.83 bits per heavy atom. The molecule has 5 rings (SSSR count). The summed E-state index contributed by atoms with van der Waals surface area (Å²) in [6.45, 7) is 0.911. The molecule has 0 saturated carbocycles. The van der Waals surface area contributed by atoms with Crippen molar-refractivity contribution in [3.05, 3.63) is 82.5 Å². The molecule has 182 valence electrons. The monoisotopic (exact) mass is 474 g/mol. The van der Waals surface area contributed by atoms with Crippen LogP contribution in [0.1, 0.15) is 17.3 Å². The topological polar surface area (TPSA) is 87.9 Å². The Bertz CT molecular complexity index is 1270. The molecule has 2 aromatic heterocycles. The number of fused-ring (bicyclic) bond motifs is 4. The highest BCUT2D eigenvalue weighted by atomic mass is 16.5. The molecule has 4 atom stereocenters. The first-order valence-corrected chi connectivity index (χ1v) is 11.8. The largest absolute Gasteiger partial charge is 0.497 e. The summed E-state index contributed by atoms with van der Waals surface area (Å²) in [5, 5.41) is 10.4. The Hall–Kier alpha value is -3.49. The van der Waals surface area contributed by atoms with E-state index >= 15 is 0 Å². The van der Waals surface area contributed by atoms with Gasteiger partial charge in [0.1, 0.15) is 5.75 Å². The molecule has 1 aromatic carbocycles. The van der Waals surface area contributed by atoms with Gasteiger partial charge in [-0.05, 0) is 47.5 Å². The minimum absolute atomic E-state index is 0.0311. The molecule has 2 aliphatic rings. The van der Waals surface area contributed by atoms with Crippen LogP contribution in [0.3, 0.4) is 0 Å². The van der Waals surface area contributed by atoms with E-state index in [1.54, 1.807) is 38.5 Å². The van der Waals surface area contributed by atoms with Crippen LogP contribution in [-0.4, -0.2) is 64.2 Å². The molecule has 0 spiro atoms. The molecule has 1 amide bonds. The van der Waals surface area contributed by atoms with Gasteiger partial charge in [0.2, 0.25) is 5.91 Å². The fraction of sp³-hybridized carbons (Fsp3) is 0.370. The molecule has 1 fully saturated rings. The van der Waals surface area contributed by atoms with Gasteiger partial charge in [0, 0.05) is 69.4 Å². The van der Waals surface area contributed by atoms with Crippen LogP contribution in [0.4, 0.5) is 0 Å². The zero-order valence-corrected chi connectivity index (χ0v) is 20.2. The number of hydrogen-bond donors (Lipinski definition) is 1. The lowest BCUT2D eigenvalue weighted by Gasteiger charge is -2.38. The first kappa shape index (κ1) is 23.3. The zero-order valence-electron chi connectivity index (χ0n) is 20.2. The maximum atomic E-state index is 13.7. The van der Waals surface area contributed by atoms with Crippen LogP contribution in [0.25, 0.3) is 11.1 Å². The number of amides is 1. The van der Waals surface area contributed by atoms with Gasteiger partial charge >= 0.3 is 0 Å². The van der Waals surface area contributed by atoms with E-state index in [1.807, 2.05) is 53.1 Å². The van der Waals surface area contributed by atoms with Crippen molar-refractivity contribution in [2.24, 2.45) is 11.8 Å². The Morgan fingerprint density at radius 3 is 2.46 bits per heavy atom. The predicted molar refractivity (Wildman–Crippen MR) is 132 cm³/mol. The number of rotatable bonds is 6. The molecule has 1 saturated heterocycles. The predicted octanol–water partition coefficient (Wildman–Crippen LogP) is 2.17. The fourth-order valence-corrected chi connectivity index (χ4v) is 5.71. The number of benzene rings is 1. The van der Waals surface area contributed by atoms with Crippen LogP contribution in [0.5, 0.6) is 5.75 Å². The quantitative estimate of drug-likeness (QED) is 0.589. The standard InChI is InChI=1S/C27H30N4O4/c1-29(2)27(34)24-21(16-32)23-15-31-22(25(24)30(23)14-17-10-12-28-13-11-17)9-8-20(26(31)33)18-4-6-19(35-3)7-5-18/h4-13,21,23-25,32H,14-16H2,1-3H3/t21-,23-,24+,25+/m0/s1. The summed E-state index contributed by atoms with van der Waals surface area (Å²) in [5.74, 6) is -0.0221. The van der Waals surface area contributed by atoms with Gasteiger partial charge in [-0.2, -0.15) is 0 Å². The summed E-state index contributed by atoms with van der Waals surface area (Å²) >= 11 is 0. The van der Waals surface area contributed by atoms with Crippen molar-refractivity contribution in [2.45, 2.75) is 25.2 Å². The molecule has 0 unspecified atom stereocenters. The Kier molecular flexibility index (Phi) is 6.17. The van der Waals surface area contributed by atoms with Crippen LogP contribution >= 0.6 is 0 Å². The molecular formula is C27H30N4O4. The summed E-state index contributed by atoms with van der Waals surface area (Å²) in [6.07, 6.45) is 3.51. The summed E-state index contributed by atoms with van der Waals surface area (Å²) in [7, 11) is 5.09. The fourth-order valence-electron chi connectivity index (χ4n) is 5.71. The third kappa shape index (κ3) is 3.92. The van der Waals surface area contributed by atoms with E-state index in [0.717, 1.165) is 22.6 Å². The molecule has 4 heterocycles. The molecule has 8 nitrogen and oxygen atoms in total. The Labute approximate surface area is 204 Å². The molecule has 1 N–H and O–H groups in total. The normalized spacial score (nSPS) is 23.1. The Morgan fingerprint density at radius 1 is 1.11 bits per heavy atom. The highest BCUT2D eigenvalue weighted by molar-refractivity contribution is 5.80. The molecular weight excluding hydrogens is 444 g/mol. The minimum Gasteiger partial charge on any atom is -0.497 e. The molecule has 2 bridgehead atoms. The van der Waals surface area contributed by atoms with Crippen molar-refractivity contribution in [2.75, 3.05) is 27.8 Å². The number of carbonyl (C=O) groups is 1. The van der Waals surface area contributed by atoms with E-state index < -0.39 is 5.92 Å². The molecule has 35 heavy (non-hydrogen) atoms. The highest BCUT2D eigenvalue weighted by Gasteiger charge is 2.55. The summed E-state index contributed by atoms with van der Waals surface area (Å²) in [5.41, 5.74) is 3.23. The van der Waals surface area contributed by atoms with Gasteiger partial charge in [-0.3, -0.25) is 19.5 Å². The lowest BCUT2D eigenvalue weighted by Crippen LogP contribution is -2.46. The maximum absolute atomic E-state index is 13.7. The minimum atomic E-state index is -0.443. The van der Waals surface area contributed by atoms with Crippen LogP contribution < -0.4 is 10.3 Å². The van der Waals surface area contributed by atoms with Crippen molar-refractivity contribution in [1.82, 2.24) is 19.4 Å². The number of hydrogen-bond acceptors (Lipinski definition) is 6. The number of aliphatic hydroxyl groups is 1. The van der Waals surface area contributed by atoms with Crippen LogP contribution in [0.15, 0.2) is 65.7 Å². The van der Waals surface area contributed by atoms with Crippen LogP contribution in [0, 0.1) is 11.8 Å². The van der Waals surface area contributed by atoms with Crippen LogP contribution in [0.2, 0.25) is 0 Å². The third-order valence-electron chi connectivity index (χ3n) is 7.41. The van der Waals surface area contributed by atoms with Crippen molar-refractivity contribution >= 4 is 5.91 Å². The highest BCUT2D eigenvalue weighted by Crippen LogP contribution is 2.49. The molecule has 0 radical (unpaired) electrons. The SMILES string of the molecule is COc1ccc(-c2ccc3n(c2=O)C[C@H]2[C@H](CO)[C@@H](C(=O)N(C)C)[C@@H]3N2Cc2ccncc2)cc1. The molecule has 0 aliphatic carbocycles. The number of pyridine rings is 2. The van der Waals surface area contributed by atoms with Gasteiger partial charge in [0.15, 0.2) is 0 Å². The second-order valence-electron chi connectivity index (χ2n) is 9.46. The lowest BCUT2D eigenvalue weighted by atomic mass is 9.86. The molecule has 3 aromatic rings. The zero-order chi connectivity index (χ0) is 24.7. The van der Waals surface area contributed by atoms with Gasteiger partial charge in [-0.1, -0.05) is 12.1 Å². The van der Waals surface area contributed by atoms with Crippen molar-refractivity contribution in [1.29, 1.82) is 0 Å².